The Morgan fingerprint density at radius 1 is 1.65 bits per heavy atom. The van der Waals surface area contributed by atoms with E-state index in [0.717, 1.165) is 0 Å². The zero-order chi connectivity index (χ0) is 12.7. The van der Waals surface area contributed by atoms with E-state index in [1.165, 1.54) is 12.3 Å². The molecule has 1 heterocycles. The van der Waals surface area contributed by atoms with Crippen LogP contribution < -0.4 is 0 Å². The number of hydrogen-bond acceptors (Lipinski definition) is 4. The smallest absolute Gasteiger partial charge is 0.317 e. The summed E-state index contributed by atoms with van der Waals surface area (Å²) in [5.41, 5.74) is 0.796. The average Bonchev–Trinajstić information content (AvgIpc) is 2.31. The monoisotopic (exact) mass is 248 g/mol. The number of rotatable bonds is 2. The van der Waals surface area contributed by atoms with Crippen LogP contribution in [-0.4, -0.2) is 17.6 Å². The van der Waals surface area contributed by atoms with Crippen LogP contribution in [0.25, 0.3) is 0 Å². The molecule has 5 heteroatoms. The predicted octanol–water partition coefficient (Wildman–Crippen LogP) is 1.91. The van der Waals surface area contributed by atoms with Gasteiger partial charge in [0, 0.05) is 11.8 Å². The fourth-order valence-corrected chi connectivity index (χ4v) is 1.17. The van der Waals surface area contributed by atoms with Crippen LogP contribution in [0.4, 0.5) is 0 Å². The number of nitriles is 1. The molecule has 0 aliphatic rings. The van der Waals surface area contributed by atoms with Gasteiger partial charge in [-0.2, -0.15) is 5.26 Å². The molecule has 0 radical (unpaired) electrons. The highest BCUT2D eigenvalue weighted by atomic mass is 35.5. The van der Waals surface area contributed by atoms with Crippen molar-refractivity contribution in [1.29, 1.82) is 5.26 Å². The Hall–Kier alpha value is -2.04. The van der Waals surface area contributed by atoms with Gasteiger partial charge in [0.25, 0.3) is 0 Å². The van der Waals surface area contributed by atoms with E-state index in [2.05, 4.69) is 16.8 Å². The molecule has 17 heavy (non-hydrogen) atoms. The van der Waals surface area contributed by atoms with Crippen LogP contribution in [0, 0.1) is 23.2 Å². The van der Waals surface area contributed by atoms with Gasteiger partial charge in [-0.1, -0.05) is 23.4 Å². The minimum atomic E-state index is -0.373. The molecular formula is C12H9ClN2O2. The number of halogens is 1. The molecule has 0 bridgehead atoms. The van der Waals surface area contributed by atoms with Crippen LogP contribution in [0.1, 0.15) is 24.5 Å². The van der Waals surface area contributed by atoms with Crippen molar-refractivity contribution >= 4 is 17.6 Å². The van der Waals surface area contributed by atoms with Crippen molar-refractivity contribution in [3.63, 3.8) is 0 Å². The third kappa shape index (κ3) is 4.14. The second-order valence-corrected chi connectivity index (χ2v) is 3.32. The molecule has 1 aromatic heterocycles. The van der Waals surface area contributed by atoms with Gasteiger partial charge in [0.2, 0.25) is 0 Å². The summed E-state index contributed by atoms with van der Waals surface area (Å²) in [4.78, 5) is 14.8. The van der Waals surface area contributed by atoms with Gasteiger partial charge in [0.15, 0.2) is 0 Å². The summed E-state index contributed by atoms with van der Waals surface area (Å²) >= 11 is 5.67. The highest BCUT2D eigenvalue weighted by Gasteiger charge is 2.01. The molecular weight excluding hydrogens is 240 g/mol. The molecule has 86 valence electrons. The van der Waals surface area contributed by atoms with E-state index in [9.17, 15) is 4.79 Å². The number of carbonyl (C=O) groups excluding carboxylic acids is 1. The lowest BCUT2D eigenvalue weighted by Gasteiger charge is -1.95. The zero-order valence-electron chi connectivity index (χ0n) is 9.16. The molecule has 0 aromatic carbocycles. The summed E-state index contributed by atoms with van der Waals surface area (Å²) in [7, 11) is 0. The van der Waals surface area contributed by atoms with Gasteiger partial charge >= 0.3 is 5.97 Å². The van der Waals surface area contributed by atoms with E-state index in [1.807, 2.05) is 6.07 Å². The van der Waals surface area contributed by atoms with Gasteiger partial charge in [-0.25, -0.2) is 4.98 Å². The Labute approximate surface area is 104 Å². The Morgan fingerprint density at radius 3 is 3.06 bits per heavy atom. The fraction of sp³-hybridized carbons (Fsp3) is 0.250. The lowest BCUT2D eigenvalue weighted by Crippen LogP contribution is -2.01. The molecule has 0 atom stereocenters. The molecule has 1 aromatic rings. The maximum absolute atomic E-state index is 11.0. The van der Waals surface area contributed by atoms with Gasteiger partial charge in [-0.15, -0.1) is 0 Å². The number of esters is 1. The molecule has 0 aliphatic heterocycles. The van der Waals surface area contributed by atoms with Gasteiger partial charge in [-0.3, -0.25) is 4.79 Å². The third-order valence-corrected chi connectivity index (χ3v) is 2.03. The summed E-state index contributed by atoms with van der Waals surface area (Å²) in [6, 6.07) is 3.42. The Bertz CT molecular complexity index is 524. The van der Waals surface area contributed by atoms with Gasteiger partial charge in [0.1, 0.15) is 17.6 Å². The molecule has 1 rings (SSSR count). The molecule has 0 amide bonds. The van der Waals surface area contributed by atoms with Crippen LogP contribution >= 0.6 is 11.6 Å². The number of aromatic nitrogens is 1. The molecule has 0 spiro atoms. The van der Waals surface area contributed by atoms with Crippen molar-refractivity contribution in [2.45, 2.75) is 13.3 Å². The van der Waals surface area contributed by atoms with Crippen LogP contribution in [0.5, 0.6) is 0 Å². The quantitative estimate of drug-likeness (QED) is 0.456. The first-order valence-corrected chi connectivity index (χ1v) is 5.25. The van der Waals surface area contributed by atoms with Crippen molar-refractivity contribution in [1.82, 2.24) is 4.98 Å². The lowest BCUT2D eigenvalue weighted by atomic mass is 10.2. The highest BCUT2D eigenvalue weighted by Crippen LogP contribution is 2.12. The maximum Gasteiger partial charge on any atom is 0.317 e. The van der Waals surface area contributed by atoms with Gasteiger partial charge < -0.3 is 4.74 Å². The lowest BCUT2D eigenvalue weighted by molar-refractivity contribution is -0.141. The van der Waals surface area contributed by atoms with Crippen LogP contribution in [-0.2, 0) is 9.53 Å². The van der Waals surface area contributed by atoms with E-state index in [1.54, 1.807) is 6.92 Å². The van der Waals surface area contributed by atoms with E-state index < -0.39 is 0 Å². The van der Waals surface area contributed by atoms with Crippen molar-refractivity contribution in [2.24, 2.45) is 0 Å². The van der Waals surface area contributed by atoms with Crippen molar-refractivity contribution < 1.29 is 9.53 Å². The molecule has 0 aliphatic carbocycles. The summed E-state index contributed by atoms with van der Waals surface area (Å²) in [6.07, 6.45) is 1.46. The number of hydrogen-bond donors (Lipinski definition) is 0. The van der Waals surface area contributed by atoms with Crippen molar-refractivity contribution in [2.75, 3.05) is 6.61 Å². The number of pyridine rings is 1. The summed E-state index contributed by atoms with van der Waals surface area (Å²) in [6.45, 7) is 2.06. The Balaban J connectivity index is 2.73. The van der Waals surface area contributed by atoms with Gasteiger partial charge in [0.05, 0.1) is 12.2 Å². The molecule has 0 saturated carbocycles. The Kier molecular flexibility index (Phi) is 5.00. The second-order valence-electron chi connectivity index (χ2n) is 2.96. The van der Waals surface area contributed by atoms with Crippen molar-refractivity contribution in [3.05, 3.63) is 28.5 Å². The Morgan fingerprint density at radius 2 is 2.41 bits per heavy atom. The molecule has 0 unspecified atom stereocenters. The minimum Gasteiger partial charge on any atom is -0.465 e. The van der Waals surface area contributed by atoms with E-state index in [-0.39, 0.29) is 23.1 Å². The van der Waals surface area contributed by atoms with Crippen LogP contribution in [0.3, 0.4) is 0 Å². The second kappa shape index (κ2) is 6.52. The average molecular weight is 249 g/mol. The first-order valence-electron chi connectivity index (χ1n) is 4.87. The summed E-state index contributed by atoms with van der Waals surface area (Å²) in [5.74, 6) is 4.98. The van der Waals surface area contributed by atoms with Crippen LogP contribution in [0.2, 0.25) is 5.15 Å². The third-order valence-electron chi connectivity index (χ3n) is 1.73. The molecule has 0 N–H and O–H groups in total. The van der Waals surface area contributed by atoms with Crippen molar-refractivity contribution in [3.8, 4) is 17.9 Å². The highest BCUT2D eigenvalue weighted by molar-refractivity contribution is 6.30. The topological polar surface area (TPSA) is 63.0 Å². The van der Waals surface area contributed by atoms with E-state index >= 15 is 0 Å². The molecule has 4 nitrogen and oxygen atoms in total. The first-order chi connectivity index (χ1) is 8.17. The summed E-state index contributed by atoms with van der Waals surface area (Å²) < 4.78 is 4.71. The molecule has 0 fully saturated rings. The van der Waals surface area contributed by atoms with E-state index in [0.29, 0.717) is 12.2 Å². The standard InChI is InChI=1S/C12H9ClN2O2/c1-2-17-11(16)5-3-4-9-6-10(7-14)12(13)15-8-9/h6,8H,2,5H2,1H3. The largest absolute Gasteiger partial charge is 0.465 e. The summed E-state index contributed by atoms with van der Waals surface area (Å²) in [5, 5.41) is 8.87. The SMILES string of the molecule is CCOC(=O)CC#Cc1cnc(Cl)c(C#N)c1. The maximum atomic E-state index is 11.0. The normalized spacial score (nSPS) is 8.76. The number of nitrogens with zero attached hydrogens (tertiary/aromatic N) is 2. The van der Waals surface area contributed by atoms with Gasteiger partial charge in [-0.05, 0) is 13.0 Å². The van der Waals surface area contributed by atoms with E-state index in [4.69, 9.17) is 21.6 Å². The predicted molar refractivity (Wildman–Crippen MR) is 62.1 cm³/mol. The fourth-order valence-electron chi connectivity index (χ4n) is 1.03. The number of carbonyl (C=O) groups is 1. The first kappa shape index (κ1) is 13.0. The number of ether oxygens (including phenoxy) is 1. The van der Waals surface area contributed by atoms with Crippen LogP contribution in [0.15, 0.2) is 12.3 Å². The molecule has 0 saturated heterocycles. The zero-order valence-corrected chi connectivity index (χ0v) is 9.91. The minimum absolute atomic E-state index is 0.0123.